The third kappa shape index (κ3) is 3.33. The molecular formula is C15H24O. The first-order chi connectivity index (χ1) is 7.47. The van der Waals surface area contributed by atoms with E-state index in [4.69, 9.17) is 0 Å². The van der Waals surface area contributed by atoms with Crippen molar-refractivity contribution in [1.29, 1.82) is 0 Å². The van der Waals surface area contributed by atoms with Gasteiger partial charge in [-0.25, -0.2) is 0 Å². The van der Waals surface area contributed by atoms with Crippen molar-refractivity contribution in [3.63, 3.8) is 0 Å². The smallest absolute Gasteiger partial charge is 0.155 e. The zero-order valence-electron chi connectivity index (χ0n) is 11.0. The molecule has 1 nitrogen and oxygen atoms in total. The molecule has 1 unspecified atom stereocenters. The van der Waals surface area contributed by atoms with Crippen molar-refractivity contribution in [1.82, 2.24) is 0 Å². The average molecular weight is 220 g/mol. The van der Waals surface area contributed by atoms with E-state index in [0.717, 1.165) is 6.42 Å². The predicted octanol–water partition coefficient (Wildman–Crippen LogP) is 4.29. The fourth-order valence-corrected chi connectivity index (χ4v) is 2.52. The zero-order chi connectivity index (χ0) is 12.2. The second-order valence-corrected chi connectivity index (χ2v) is 5.53. The van der Waals surface area contributed by atoms with Crippen LogP contribution in [0.2, 0.25) is 0 Å². The largest absolute Gasteiger partial charge is 0.295 e. The van der Waals surface area contributed by atoms with Crippen LogP contribution in [0.5, 0.6) is 0 Å². The lowest BCUT2D eigenvalue weighted by Gasteiger charge is -2.36. The summed E-state index contributed by atoms with van der Waals surface area (Å²) in [5.74, 6) is 0.693. The molecule has 16 heavy (non-hydrogen) atoms. The lowest BCUT2D eigenvalue weighted by molar-refractivity contribution is -0.114. The molecule has 0 aromatic carbocycles. The van der Waals surface area contributed by atoms with Crippen molar-refractivity contribution in [3.8, 4) is 0 Å². The van der Waals surface area contributed by atoms with Gasteiger partial charge in [0, 0.05) is 12.3 Å². The Balaban J connectivity index is 2.73. The number of allylic oxidation sites excluding steroid dienone is 4. The minimum absolute atomic E-state index is 0.261. The standard InChI is InChI=1S/C15H24O/c1-5-7-13(16)9-10-14-12(2)8-6-11-15(14,3)4/h8-10,14H,5-7,11H2,1-4H3. The maximum atomic E-state index is 11.5. The lowest BCUT2D eigenvalue weighted by atomic mass is 9.68. The molecule has 0 bridgehead atoms. The quantitative estimate of drug-likeness (QED) is 0.510. The SMILES string of the molecule is CCCC(=O)C=CC1C(C)=CCCC1(C)C. The predicted molar refractivity (Wildman–Crippen MR) is 69.3 cm³/mol. The molecule has 1 rings (SSSR count). The molecule has 0 heterocycles. The Kier molecular flexibility index (Phi) is 4.52. The van der Waals surface area contributed by atoms with Gasteiger partial charge in [-0.3, -0.25) is 4.79 Å². The lowest BCUT2D eigenvalue weighted by Crippen LogP contribution is -2.26. The van der Waals surface area contributed by atoms with Crippen LogP contribution < -0.4 is 0 Å². The molecule has 0 spiro atoms. The molecule has 0 radical (unpaired) electrons. The second-order valence-electron chi connectivity index (χ2n) is 5.53. The summed E-state index contributed by atoms with van der Waals surface area (Å²) >= 11 is 0. The van der Waals surface area contributed by atoms with E-state index < -0.39 is 0 Å². The molecule has 0 aromatic rings. The molecule has 0 aliphatic heterocycles. The van der Waals surface area contributed by atoms with Crippen LogP contribution in [-0.4, -0.2) is 5.78 Å². The Labute approximate surface area is 99.6 Å². The van der Waals surface area contributed by atoms with Crippen molar-refractivity contribution in [3.05, 3.63) is 23.8 Å². The molecule has 0 saturated carbocycles. The van der Waals surface area contributed by atoms with E-state index in [0.29, 0.717) is 17.8 Å². The van der Waals surface area contributed by atoms with Crippen molar-refractivity contribution in [2.75, 3.05) is 0 Å². The summed E-state index contributed by atoms with van der Waals surface area (Å²) in [6.45, 7) is 8.81. The van der Waals surface area contributed by atoms with Crippen molar-refractivity contribution >= 4 is 5.78 Å². The molecule has 1 heteroatoms. The molecule has 0 aromatic heterocycles. The topological polar surface area (TPSA) is 17.1 Å². The van der Waals surface area contributed by atoms with Crippen LogP contribution in [0.3, 0.4) is 0 Å². The summed E-state index contributed by atoms with van der Waals surface area (Å²) < 4.78 is 0. The van der Waals surface area contributed by atoms with Crippen LogP contribution in [0, 0.1) is 11.3 Å². The van der Waals surface area contributed by atoms with Gasteiger partial charge in [0.15, 0.2) is 5.78 Å². The minimum Gasteiger partial charge on any atom is -0.295 e. The third-order valence-electron chi connectivity index (χ3n) is 3.56. The van der Waals surface area contributed by atoms with E-state index >= 15 is 0 Å². The van der Waals surface area contributed by atoms with Crippen LogP contribution >= 0.6 is 0 Å². The summed E-state index contributed by atoms with van der Waals surface area (Å²) in [6, 6.07) is 0. The number of hydrogen-bond acceptors (Lipinski definition) is 1. The molecular weight excluding hydrogens is 196 g/mol. The molecule has 0 N–H and O–H groups in total. The van der Waals surface area contributed by atoms with Crippen molar-refractivity contribution in [2.45, 2.75) is 53.4 Å². The van der Waals surface area contributed by atoms with Crippen LogP contribution in [0.25, 0.3) is 0 Å². The molecule has 1 atom stereocenters. The highest BCUT2D eigenvalue weighted by Crippen LogP contribution is 2.41. The van der Waals surface area contributed by atoms with Crippen LogP contribution in [0.1, 0.15) is 53.4 Å². The fourth-order valence-electron chi connectivity index (χ4n) is 2.52. The van der Waals surface area contributed by atoms with E-state index in [1.807, 2.05) is 6.92 Å². The molecule has 0 amide bonds. The first kappa shape index (κ1) is 13.2. The minimum atomic E-state index is 0.261. The van der Waals surface area contributed by atoms with Crippen molar-refractivity contribution < 1.29 is 4.79 Å². The third-order valence-corrected chi connectivity index (χ3v) is 3.56. The van der Waals surface area contributed by atoms with Gasteiger partial charge in [-0.1, -0.05) is 38.5 Å². The maximum absolute atomic E-state index is 11.5. The summed E-state index contributed by atoms with van der Waals surface area (Å²) in [6.07, 6.45) is 10.2. The van der Waals surface area contributed by atoms with Gasteiger partial charge < -0.3 is 0 Å². The molecule has 0 saturated heterocycles. The second kappa shape index (κ2) is 5.47. The van der Waals surface area contributed by atoms with E-state index in [9.17, 15) is 4.79 Å². The van der Waals surface area contributed by atoms with Gasteiger partial charge in [0.2, 0.25) is 0 Å². The highest BCUT2D eigenvalue weighted by atomic mass is 16.1. The Bertz CT molecular complexity index is 307. The summed E-state index contributed by atoms with van der Waals surface area (Å²) in [5.41, 5.74) is 1.71. The Morgan fingerprint density at radius 2 is 2.25 bits per heavy atom. The van der Waals surface area contributed by atoms with Crippen molar-refractivity contribution in [2.24, 2.45) is 11.3 Å². The van der Waals surface area contributed by atoms with Gasteiger partial charge in [-0.15, -0.1) is 0 Å². The van der Waals surface area contributed by atoms with Gasteiger partial charge in [-0.05, 0) is 37.7 Å². The number of carbonyl (C=O) groups is 1. The van der Waals surface area contributed by atoms with E-state index in [-0.39, 0.29) is 5.78 Å². The summed E-state index contributed by atoms with van der Waals surface area (Å²) in [5, 5.41) is 0. The normalized spacial score (nSPS) is 24.5. The monoisotopic (exact) mass is 220 g/mol. The fraction of sp³-hybridized carbons (Fsp3) is 0.667. The van der Waals surface area contributed by atoms with Crippen LogP contribution in [0.4, 0.5) is 0 Å². The van der Waals surface area contributed by atoms with Gasteiger partial charge in [0.1, 0.15) is 0 Å². The summed E-state index contributed by atoms with van der Waals surface area (Å²) in [7, 11) is 0. The Morgan fingerprint density at radius 1 is 1.56 bits per heavy atom. The van der Waals surface area contributed by atoms with Gasteiger partial charge in [0.05, 0.1) is 0 Å². The highest BCUT2D eigenvalue weighted by Gasteiger charge is 2.30. The number of hydrogen-bond donors (Lipinski definition) is 0. The molecule has 0 fully saturated rings. The maximum Gasteiger partial charge on any atom is 0.155 e. The Hall–Kier alpha value is -0.850. The number of ketones is 1. The first-order valence-corrected chi connectivity index (χ1v) is 6.35. The van der Waals surface area contributed by atoms with Crippen LogP contribution in [-0.2, 0) is 4.79 Å². The number of rotatable bonds is 4. The van der Waals surface area contributed by atoms with E-state index in [2.05, 4.69) is 32.9 Å². The Morgan fingerprint density at radius 3 is 2.81 bits per heavy atom. The zero-order valence-corrected chi connectivity index (χ0v) is 11.0. The molecule has 1 aliphatic carbocycles. The number of carbonyl (C=O) groups excluding carboxylic acids is 1. The molecule has 90 valence electrons. The summed E-state index contributed by atoms with van der Waals surface area (Å²) in [4.78, 5) is 11.5. The highest BCUT2D eigenvalue weighted by molar-refractivity contribution is 5.89. The first-order valence-electron chi connectivity index (χ1n) is 6.35. The molecule has 1 aliphatic rings. The van der Waals surface area contributed by atoms with Gasteiger partial charge in [-0.2, -0.15) is 0 Å². The average Bonchev–Trinajstić information content (AvgIpc) is 2.16. The van der Waals surface area contributed by atoms with Crippen LogP contribution in [0.15, 0.2) is 23.8 Å². The van der Waals surface area contributed by atoms with Gasteiger partial charge >= 0.3 is 0 Å². The van der Waals surface area contributed by atoms with E-state index in [1.54, 1.807) is 6.08 Å². The van der Waals surface area contributed by atoms with Gasteiger partial charge in [0.25, 0.3) is 0 Å². The van der Waals surface area contributed by atoms with E-state index in [1.165, 1.54) is 18.4 Å².